The van der Waals surface area contributed by atoms with E-state index in [0.29, 0.717) is 16.9 Å². The van der Waals surface area contributed by atoms with E-state index in [1.165, 1.54) is 12.0 Å². The maximum absolute atomic E-state index is 13.1. The maximum Gasteiger partial charge on any atom is 0.258 e. The van der Waals surface area contributed by atoms with Gasteiger partial charge in [0, 0.05) is 48.2 Å². The standard InChI is InChI=1S/C28H29N3O2/c1-18(2)24-17-25(20-7-9-22-19(15-20)11-14-30(3)28(22)33)29-26-16-21(8-10-23(24)26)27(32)31-12-5-4-6-13-31/h7-11,14-18H,4-6,12-13H2,1-3H3. The number of fused-ring (bicyclic) bond motifs is 2. The van der Waals surface area contributed by atoms with Gasteiger partial charge in [-0.3, -0.25) is 9.59 Å². The minimum Gasteiger partial charge on any atom is -0.339 e. The molecular formula is C28H29N3O2. The predicted molar refractivity (Wildman–Crippen MR) is 134 cm³/mol. The van der Waals surface area contributed by atoms with Crippen LogP contribution in [0.15, 0.2) is 59.5 Å². The molecule has 0 radical (unpaired) electrons. The van der Waals surface area contributed by atoms with Gasteiger partial charge in [-0.2, -0.15) is 0 Å². The van der Waals surface area contributed by atoms with E-state index < -0.39 is 0 Å². The highest BCUT2D eigenvalue weighted by Crippen LogP contribution is 2.31. The SMILES string of the molecule is CC(C)c1cc(-c2ccc3c(=O)n(C)ccc3c2)nc2cc(C(=O)N3CCCCC3)ccc12. The topological polar surface area (TPSA) is 55.2 Å². The number of hydrogen-bond acceptors (Lipinski definition) is 3. The molecule has 4 aromatic rings. The highest BCUT2D eigenvalue weighted by molar-refractivity contribution is 5.99. The number of rotatable bonds is 3. The summed E-state index contributed by atoms with van der Waals surface area (Å²) in [6, 6.07) is 15.9. The molecule has 5 heteroatoms. The zero-order valence-electron chi connectivity index (χ0n) is 19.5. The van der Waals surface area contributed by atoms with Crippen molar-refractivity contribution in [1.82, 2.24) is 14.5 Å². The van der Waals surface area contributed by atoms with Gasteiger partial charge in [0.15, 0.2) is 0 Å². The van der Waals surface area contributed by atoms with Gasteiger partial charge in [-0.25, -0.2) is 4.98 Å². The summed E-state index contributed by atoms with van der Waals surface area (Å²) in [5, 5.41) is 2.68. The normalized spacial score (nSPS) is 14.4. The number of carbonyl (C=O) groups excluding carboxylic acids is 1. The molecule has 1 aliphatic rings. The van der Waals surface area contributed by atoms with Crippen LogP contribution in [0.4, 0.5) is 0 Å². The molecule has 1 amide bonds. The van der Waals surface area contributed by atoms with Crippen LogP contribution in [0.25, 0.3) is 32.9 Å². The first-order chi connectivity index (χ1) is 15.9. The highest BCUT2D eigenvalue weighted by Gasteiger charge is 2.19. The fourth-order valence-corrected chi connectivity index (χ4v) is 4.80. The number of hydrogen-bond donors (Lipinski definition) is 0. The second-order valence-corrected chi connectivity index (χ2v) is 9.37. The van der Waals surface area contributed by atoms with E-state index in [1.54, 1.807) is 17.8 Å². The van der Waals surface area contributed by atoms with Gasteiger partial charge in [-0.15, -0.1) is 0 Å². The Balaban J connectivity index is 1.63. The fourth-order valence-electron chi connectivity index (χ4n) is 4.80. The van der Waals surface area contributed by atoms with Crippen molar-refractivity contribution in [2.45, 2.75) is 39.0 Å². The third-order valence-electron chi connectivity index (χ3n) is 6.73. The summed E-state index contributed by atoms with van der Waals surface area (Å²) in [5.41, 5.74) is 4.56. The molecule has 3 heterocycles. The van der Waals surface area contributed by atoms with E-state index in [9.17, 15) is 9.59 Å². The molecule has 1 aliphatic heterocycles. The van der Waals surface area contributed by atoms with Crippen molar-refractivity contribution >= 4 is 27.6 Å². The van der Waals surface area contributed by atoms with E-state index in [1.807, 2.05) is 47.4 Å². The van der Waals surface area contributed by atoms with Crippen molar-refractivity contribution in [3.05, 3.63) is 76.2 Å². The van der Waals surface area contributed by atoms with Gasteiger partial charge in [-0.1, -0.05) is 26.0 Å². The molecule has 0 aliphatic carbocycles. The van der Waals surface area contributed by atoms with Gasteiger partial charge in [0.25, 0.3) is 11.5 Å². The number of carbonyl (C=O) groups is 1. The summed E-state index contributed by atoms with van der Waals surface area (Å²) in [7, 11) is 1.76. The van der Waals surface area contributed by atoms with Gasteiger partial charge in [-0.05, 0) is 72.5 Å². The van der Waals surface area contributed by atoms with E-state index in [0.717, 1.165) is 53.5 Å². The minimum absolute atomic E-state index is 0.00532. The molecule has 0 atom stereocenters. The van der Waals surface area contributed by atoms with Crippen LogP contribution in [0.2, 0.25) is 0 Å². The van der Waals surface area contributed by atoms with Gasteiger partial charge in [0.1, 0.15) is 0 Å². The Morgan fingerprint density at radius 1 is 0.939 bits per heavy atom. The van der Waals surface area contributed by atoms with Crippen LogP contribution in [0.5, 0.6) is 0 Å². The number of benzene rings is 2. The summed E-state index contributed by atoms with van der Waals surface area (Å²) in [6.45, 7) is 6.02. The summed E-state index contributed by atoms with van der Waals surface area (Å²) in [4.78, 5) is 32.5. The van der Waals surface area contributed by atoms with Gasteiger partial charge >= 0.3 is 0 Å². The molecule has 1 fully saturated rings. The van der Waals surface area contributed by atoms with Crippen LogP contribution in [-0.4, -0.2) is 33.4 Å². The first kappa shape index (κ1) is 21.4. The number of pyridine rings is 2. The predicted octanol–water partition coefficient (Wildman–Crippen LogP) is 5.50. The smallest absolute Gasteiger partial charge is 0.258 e. The second kappa shape index (κ2) is 8.47. The summed E-state index contributed by atoms with van der Waals surface area (Å²) in [5.74, 6) is 0.405. The van der Waals surface area contributed by atoms with Crippen LogP contribution < -0.4 is 5.56 Å². The molecule has 0 unspecified atom stereocenters. The lowest BCUT2D eigenvalue weighted by Gasteiger charge is -2.26. The van der Waals surface area contributed by atoms with Crippen LogP contribution in [0.1, 0.15) is 54.9 Å². The maximum atomic E-state index is 13.1. The van der Waals surface area contributed by atoms with Crippen molar-refractivity contribution in [2.24, 2.45) is 7.05 Å². The number of aromatic nitrogens is 2. The van der Waals surface area contributed by atoms with Crippen molar-refractivity contribution < 1.29 is 4.79 Å². The zero-order valence-corrected chi connectivity index (χ0v) is 19.5. The van der Waals surface area contributed by atoms with Crippen molar-refractivity contribution in [1.29, 1.82) is 0 Å². The molecular weight excluding hydrogens is 410 g/mol. The Morgan fingerprint density at radius 2 is 1.70 bits per heavy atom. The first-order valence-electron chi connectivity index (χ1n) is 11.8. The van der Waals surface area contributed by atoms with Gasteiger partial charge < -0.3 is 9.47 Å². The second-order valence-electron chi connectivity index (χ2n) is 9.37. The molecule has 168 valence electrons. The molecule has 33 heavy (non-hydrogen) atoms. The number of nitrogens with zero attached hydrogens (tertiary/aromatic N) is 3. The Kier molecular flexibility index (Phi) is 5.49. The average molecular weight is 440 g/mol. The van der Waals surface area contributed by atoms with E-state index in [4.69, 9.17) is 4.98 Å². The number of amides is 1. The minimum atomic E-state index is -0.00532. The Bertz CT molecular complexity index is 1430. The van der Waals surface area contributed by atoms with Gasteiger partial charge in [0.05, 0.1) is 11.2 Å². The average Bonchev–Trinajstić information content (AvgIpc) is 2.85. The lowest BCUT2D eigenvalue weighted by Crippen LogP contribution is -2.35. The lowest BCUT2D eigenvalue weighted by atomic mass is 9.95. The zero-order chi connectivity index (χ0) is 23.1. The van der Waals surface area contributed by atoms with Gasteiger partial charge in [0.2, 0.25) is 0 Å². The number of likely N-dealkylation sites (tertiary alicyclic amines) is 1. The van der Waals surface area contributed by atoms with Crippen molar-refractivity contribution in [2.75, 3.05) is 13.1 Å². The number of piperidine rings is 1. The third-order valence-corrected chi connectivity index (χ3v) is 6.73. The molecule has 5 rings (SSSR count). The Hall–Kier alpha value is -3.47. The first-order valence-corrected chi connectivity index (χ1v) is 11.8. The quantitative estimate of drug-likeness (QED) is 0.423. The van der Waals surface area contributed by atoms with E-state index in [-0.39, 0.29) is 11.5 Å². The molecule has 1 saturated heterocycles. The third kappa shape index (κ3) is 3.92. The Labute approximate surface area is 193 Å². The molecule has 0 saturated carbocycles. The van der Waals surface area contributed by atoms with Crippen LogP contribution in [0, 0.1) is 0 Å². The molecule has 0 bridgehead atoms. The molecule has 5 nitrogen and oxygen atoms in total. The molecule has 2 aromatic heterocycles. The monoisotopic (exact) mass is 439 g/mol. The van der Waals surface area contributed by atoms with E-state index in [2.05, 4.69) is 19.9 Å². The summed E-state index contributed by atoms with van der Waals surface area (Å²) >= 11 is 0. The molecule has 2 aromatic carbocycles. The summed E-state index contributed by atoms with van der Waals surface area (Å²) in [6.07, 6.45) is 5.14. The van der Waals surface area contributed by atoms with Crippen LogP contribution in [-0.2, 0) is 7.05 Å². The number of aryl methyl sites for hydroxylation is 1. The largest absolute Gasteiger partial charge is 0.339 e. The van der Waals surface area contributed by atoms with Crippen molar-refractivity contribution in [3.8, 4) is 11.3 Å². The fraction of sp³-hybridized carbons (Fsp3) is 0.321. The highest BCUT2D eigenvalue weighted by atomic mass is 16.2. The lowest BCUT2D eigenvalue weighted by molar-refractivity contribution is 0.0724. The molecule has 0 spiro atoms. The summed E-state index contributed by atoms with van der Waals surface area (Å²) < 4.78 is 1.59. The Morgan fingerprint density at radius 3 is 2.45 bits per heavy atom. The van der Waals surface area contributed by atoms with Crippen LogP contribution >= 0.6 is 0 Å². The van der Waals surface area contributed by atoms with E-state index >= 15 is 0 Å². The van der Waals surface area contributed by atoms with Crippen molar-refractivity contribution in [3.63, 3.8) is 0 Å². The van der Waals surface area contributed by atoms with Crippen LogP contribution in [0.3, 0.4) is 0 Å². The molecule has 0 N–H and O–H groups in total.